The summed E-state index contributed by atoms with van der Waals surface area (Å²) in [6, 6.07) is 0. The van der Waals surface area contributed by atoms with E-state index in [0.717, 1.165) is 6.61 Å². The van der Waals surface area contributed by atoms with Gasteiger partial charge in [0.25, 0.3) is 0 Å². The Labute approximate surface area is 64.8 Å². The normalized spacial score (nSPS) is 12.0. The molecule has 0 aromatic heterocycles. The first-order valence-electron chi connectivity index (χ1n) is 4.17. The van der Waals surface area contributed by atoms with Crippen molar-refractivity contribution in [3.63, 3.8) is 0 Å². The lowest BCUT2D eigenvalue weighted by atomic mass is 9.82. The van der Waals surface area contributed by atoms with Gasteiger partial charge in [-0.1, -0.05) is 33.6 Å². The van der Waals surface area contributed by atoms with Gasteiger partial charge in [-0.2, -0.15) is 0 Å². The first-order valence-corrected chi connectivity index (χ1v) is 4.17. The molecule has 0 atom stereocenters. The van der Waals surface area contributed by atoms with Crippen molar-refractivity contribution in [1.29, 1.82) is 0 Å². The summed E-state index contributed by atoms with van der Waals surface area (Å²) in [5.74, 6) is 0. The minimum absolute atomic E-state index is 0.510. The highest BCUT2D eigenvalue weighted by Crippen LogP contribution is 2.28. The third kappa shape index (κ3) is 3.21. The second-order valence-electron chi connectivity index (χ2n) is 3.26. The maximum atomic E-state index is 5.04. The Balaban J connectivity index is 3.58. The molecule has 0 radical (unpaired) electrons. The van der Waals surface area contributed by atoms with Crippen LogP contribution in [0.1, 0.15) is 40.0 Å². The molecule has 0 fully saturated rings. The summed E-state index contributed by atoms with van der Waals surface area (Å²) in [6.07, 6.45) is 3.70. The Hall–Kier alpha value is -0.0400. The van der Waals surface area contributed by atoms with E-state index in [0.29, 0.717) is 5.41 Å². The van der Waals surface area contributed by atoms with Crippen LogP contribution in [-0.2, 0) is 4.74 Å². The number of rotatable bonds is 5. The van der Waals surface area contributed by atoms with Crippen LogP contribution < -0.4 is 0 Å². The predicted molar refractivity (Wildman–Crippen MR) is 45.2 cm³/mol. The fourth-order valence-corrected chi connectivity index (χ4v) is 0.952. The summed E-state index contributed by atoms with van der Waals surface area (Å²) >= 11 is 0. The van der Waals surface area contributed by atoms with Crippen molar-refractivity contribution >= 4 is 0 Å². The molecule has 0 aromatic rings. The molecule has 1 nitrogen and oxygen atoms in total. The Morgan fingerprint density at radius 3 is 2.00 bits per heavy atom. The van der Waals surface area contributed by atoms with Gasteiger partial charge < -0.3 is 4.74 Å². The van der Waals surface area contributed by atoms with Gasteiger partial charge in [0.15, 0.2) is 0 Å². The molecule has 0 spiro atoms. The average Bonchev–Trinajstić information content (AvgIpc) is 2.00. The van der Waals surface area contributed by atoms with E-state index >= 15 is 0 Å². The van der Waals surface area contributed by atoms with Crippen LogP contribution in [0.25, 0.3) is 0 Å². The summed E-state index contributed by atoms with van der Waals surface area (Å²) < 4.78 is 5.04. The maximum absolute atomic E-state index is 5.04. The quantitative estimate of drug-likeness (QED) is 0.576. The van der Waals surface area contributed by atoms with Crippen LogP contribution in [0.4, 0.5) is 0 Å². The van der Waals surface area contributed by atoms with Gasteiger partial charge in [0.1, 0.15) is 0 Å². The van der Waals surface area contributed by atoms with Crippen molar-refractivity contribution in [3.8, 4) is 0 Å². The van der Waals surface area contributed by atoms with Crippen molar-refractivity contribution < 1.29 is 4.74 Å². The summed E-state index contributed by atoms with van der Waals surface area (Å²) in [5, 5.41) is 0. The molecule has 0 N–H and O–H groups in total. The molecular weight excluding hydrogens is 124 g/mol. The molecule has 0 heterocycles. The van der Waals surface area contributed by atoms with Crippen molar-refractivity contribution in [2.75, 3.05) is 13.7 Å². The molecule has 0 aliphatic rings. The van der Waals surface area contributed by atoms with Crippen molar-refractivity contribution in [2.45, 2.75) is 40.0 Å². The highest BCUT2D eigenvalue weighted by molar-refractivity contribution is 4.69. The summed E-state index contributed by atoms with van der Waals surface area (Å²) in [4.78, 5) is 0. The summed E-state index contributed by atoms with van der Waals surface area (Å²) in [5.41, 5.74) is 0.510. The van der Waals surface area contributed by atoms with E-state index in [1.165, 1.54) is 19.3 Å². The van der Waals surface area contributed by atoms with Gasteiger partial charge in [-0.25, -0.2) is 0 Å². The van der Waals surface area contributed by atoms with Gasteiger partial charge in [-0.3, -0.25) is 0 Å². The third-order valence-corrected chi connectivity index (χ3v) is 2.62. The summed E-state index contributed by atoms with van der Waals surface area (Å²) in [6.45, 7) is 7.72. The first-order chi connectivity index (χ1) is 4.68. The van der Waals surface area contributed by atoms with Gasteiger partial charge in [-0.15, -0.1) is 0 Å². The minimum atomic E-state index is 0.510. The highest BCUT2D eigenvalue weighted by atomic mass is 16.5. The number of methoxy groups -OCH3 is 1. The van der Waals surface area contributed by atoms with Crippen molar-refractivity contribution in [2.24, 2.45) is 5.41 Å². The van der Waals surface area contributed by atoms with Crippen LogP contribution in [0.2, 0.25) is 0 Å². The predicted octanol–water partition coefficient (Wildman–Crippen LogP) is 2.85. The SMILES string of the molecule is CCC(C)(CC)CCOC. The Kier molecular flexibility index (Phi) is 4.71. The molecule has 1 heteroatoms. The number of hydrogen-bond acceptors (Lipinski definition) is 1. The highest BCUT2D eigenvalue weighted by Gasteiger charge is 2.18. The topological polar surface area (TPSA) is 9.23 Å². The molecule has 0 saturated heterocycles. The zero-order valence-electron chi connectivity index (χ0n) is 7.74. The zero-order chi connectivity index (χ0) is 8.04. The van der Waals surface area contributed by atoms with Crippen LogP contribution in [0, 0.1) is 5.41 Å². The van der Waals surface area contributed by atoms with Crippen LogP contribution in [0.5, 0.6) is 0 Å². The van der Waals surface area contributed by atoms with E-state index in [9.17, 15) is 0 Å². The summed E-state index contributed by atoms with van der Waals surface area (Å²) in [7, 11) is 1.77. The Morgan fingerprint density at radius 2 is 1.70 bits per heavy atom. The molecule has 0 saturated carbocycles. The van der Waals surface area contributed by atoms with Gasteiger partial charge in [-0.05, 0) is 11.8 Å². The third-order valence-electron chi connectivity index (χ3n) is 2.62. The molecule has 0 aliphatic carbocycles. The molecule has 0 amide bonds. The maximum Gasteiger partial charge on any atom is 0.0467 e. The van der Waals surface area contributed by atoms with E-state index in [-0.39, 0.29) is 0 Å². The first kappa shape index (κ1) is 9.96. The standard InChI is InChI=1S/C9H20O/c1-5-9(3,6-2)7-8-10-4/h5-8H2,1-4H3. The van der Waals surface area contributed by atoms with Crippen LogP contribution >= 0.6 is 0 Å². The molecule has 0 aromatic carbocycles. The Morgan fingerprint density at radius 1 is 1.20 bits per heavy atom. The van der Waals surface area contributed by atoms with Gasteiger partial charge in [0.05, 0.1) is 0 Å². The second-order valence-corrected chi connectivity index (χ2v) is 3.26. The molecular formula is C9H20O. The lowest BCUT2D eigenvalue weighted by Crippen LogP contribution is -2.15. The smallest absolute Gasteiger partial charge is 0.0467 e. The average molecular weight is 144 g/mol. The lowest BCUT2D eigenvalue weighted by molar-refractivity contribution is 0.138. The van der Waals surface area contributed by atoms with Crippen LogP contribution in [0.3, 0.4) is 0 Å². The molecule has 0 bridgehead atoms. The van der Waals surface area contributed by atoms with Crippen LogP contribution in [0.15, 0.2) is 0 Å². The zero-order valence-corrected chi connectivity index (χ0v) is 7.74. The van der Waals surface area contributed by atoms with Gasteiger partial charge >= 0.3 is 0 Å². The van der Waals surface area contributed by atoms with E-state index in [4.69, 9.17) is 4.74 Å². The lowest BCUT2D eigenvalue weighted by Gasteiger charge is -2.25. The van der Waals surface area contributed by atoms with Crippen LogP contribution in [-0.4, -0.2) is 13.7 Å². The molecule has 10 heavy (non-hydrogen) atoms. The van der Waals surface area contributed by atoms with Gasteiger partial charge in [0, 0.05) is 13.7 Å². The number of ether oxygens (including phenoxy) is 1. The fourth-order valence-electron chi connectivity index (χ4n) is 0.952. The van der Waals surface area contributed by atoms with Gasteiger partial charge in [0.2, 0.25) is 0 Å². The molecule has 0 aliphatic heterocycles. The molecule has 0 rings (SSSR count). The van der Waals surface area contributed by atoms with E-state index in [1.807, 2.05) is 0 Å². The van der Waals surface area contributed by atoms with E-state index < -0.39 is 0 Å². The fraction of sp³-hybridized carbons (Fsp3) is 1.00. The van der Waals surface area contributed by atoms with E-state index in [1.54, 1.807) is 7.11 Å². The molecule has 0 unspecified atom stereocenters. The number of hydrogen-bond donors (Lipinski definition) is 0. The van der Waals surface area contributed by atoms with E-state index in [2.05, 4.69) is 20.8 Å². The Bertz CT molecular complexity index is 74.8. The van der Waals surface area contributed by atoms with Crippen molar-refractivity contribution in [3.05, 3.63) is 0 Å². The van der Waals surface area contributed by atoms with Crippen molar-refractivity contribution in [1.82, 2.24) is 0 Å². The second kappa shape index (κ2) is 4.73. The monoisotopic (exact) mass is 144 g/mol. The molecule has 62 valence electrons. The minimum Gasteiger partial charge on any atom is -0.385 e. The largest absolute Gasteiger partial charge is 0.385 e.